The first kappa shape index (κ1) is 19.8. The molecule has 1 saturated carbocycles. The van der Waals surface area contributed by atoms with Crippen LogP contribution >= 0.6 is 0 Å². The van der Waals surface area contributed by atoms with E-state index in [2.05, 4.69) is 27.1 Å². The maximum Gasteiger partial charge on any atom is 0.141 e. The molecule has 7 nitrogen and oxygen atoms in total. The number of Topliss-reactive ketones (excluding diaryl/α,β-unsaturated/α-hetero) is 1. The molecule has 1 fully saturated rings. The predicted molar refractivity (Wildman–Crippen MR) is 130 cm³/mol. The predicted octanol–water partition coefficient (Wildman–Crippen LogP) is 4.01. The molecule has 0 bridgehead atoms. The number of aryl methyl sites for hydroxylation is 1. The summed E-state index contributed by atoms with van der Waals surface area (Å²) in [5, 5.41) is 6.64. The van der Waals surface area contributed by atoms with Crippen LogP contribution in [0.25, 0.3) is 27.4 Å². The van der Waals surface area contributed by atoms with E-state index in [1.165, 1.54) is 5.57 Å². The Balaban J connectivity index is 1.27. The summed E-state index contributed by atoms with van der Waals surface area (Å²) < 4.78 is 1.88. The lowest BCUT2D eigenvalue weighted by atomic mass is 9.96. The van der Waals surface area contributed by atoms with Crippen molar-refractivity contribution in [1.29, 1.82) is 0 Å². The number of allylic oxidation sites excluding steroid dienone is 1. The van der Waals surface area contributed by atoms with Crippen molar-refractivity contribution in [3.63, 3.8) is 0 Å². The Bertz CT molecular complexity index is 1450. The Labute approximate surface area is 191 Å². The lowest BCUT2D eigenvalue weighted by Crippen LogP contribution is -2.23. The summed E-state index contributed by atoms with van der Waals surface area (Å²) in [7, 11) is 0. The van der Waals surface area contributed by atoms with Crippen LogP contribution in [-0.4, -0.2) is 38.3 Å². The van der Waals surface area contributed by atoms with Crippen molar-refractivity contribution in [2.75, 3.05) is 12.3 Å². The maximum absolute atomic E-state index is 13.0. The van der Waals surface area contributed by atoms with Crippen LogP contribution in [-0.2, 0) is 17.8 Å². The number of anilines is 1. The molecule has 0 unspecified atom stereocenters. The second-order valence-electron chi connectivity index (χ2n) is 9.02. The van der Waals surface area contributed by atoms with E-state index in [1.54, 1.807) is 6.20 Å². The van der Waals surface area contributed by atoms with Crippen LogP contribution in [0.5, 0.6) is 0 Å². The Morgan fingerprint density at radius 2 is 2.06 bits per heavy atom. The van der Waals surface area contributed by atoms with Crippen LogP contribution in [0.1, 0.15) is 30.5 Å². The molecule has 2 aliphatic rings. The maximum atomic E-state index is 13.0. The molecular formula is C26H24N6O. The lowest BCUT2D eigenvalue weighted by Gasteiger charge is -2.13. The molecule has 33 heavy (non-hydrogen) atoms. The van der Waals surface area contributed by atoms with Crippen molar-refractivity contribution in [2.24, 2.45) is 10.4 Å². The molecule has 4 heterocycles. The fraction of sp³-hybridized carbons (Fsp3) is 0.269. The smallest absolute Gasteiger partial charge is 0.141 e. The van der Waals surface area contributed by atoms with Gasteiger partial charge in [0.25, 0.3) is 0 Å². The number of rotatable bonds is 7. The normalized spacial score (nSPS) is 16.4. The van der Waals surface area contributed by atoms with Crippen LogP contribution in [0.3, 0.4) is 0 Å². The second kappa shape index (κ2) is 7.62. The number of aliphatic imine (C=N–C) groups is 1. The molecule has 0 spiro atoms. The average molecular weight is 437 g/mol. The highest BCUT2D eigenvalue weighted by molar-refractivity contribution is 6.08. The van der Waals surface area contributed by atoms with E-state index >= 15 is 0 Å². The third-order valence-electron chi connectivity index (χ3n) is 6.79. The first-order valence-corrected chi connectivity index (χ1v) is 11.3. The van der Waals surface area contributed by atoms with Crippen LogP contribution in [0.15, 0.2) is 59.9 Å². The monoisotopic (exact) mass is 436 g/mol. The number of nitrogen functional groups attached to an aromatic ring is 1. The number of ketones is 1. The highest BCUT2D eigenvalue weighted by Gasteiger charge is 2.49. The quantitative estimate of drug-likeness (QED) is 0.472. The summed E-state index contributed by atoms with van der Waals surface area (Å²) in [5.41, 5.74) is 10.9. The van der Waals surface area contributed by atoms with Crippen molar-refractivity contribution in [3.8, 4) is 0 Å². The number of hydrogen-bond acceptors (Lipinski definition) is 6. The molecular weight excluding hydrogens is 412 g/mol. The minimum absolute atomic E-state index is 0.292. The number of aromatic nitrogens is 4. The molecule has 1 aromatic carbocycles. The SMILES string of the molecule is Nc1nc2cc(C3=CC=NC3)ccc2c2nn(CC3(C(=O)CCc4ccccn4)CC3)cc12. The van der Waals surface area contributed by atoms with Gasteiger partial charge in [0, 0.05) is 41.5 Å². The summed E-state index contributed by atoms with van der Waals surface area (Å²) >= 11 is 0. The Morgan fingerprint density at radius 3 is 2.82 bits per heavy atom. The zero-order valence-corrected chi connectivity index (χ0v) is 18.2. The van der Waals surface area contributed by atoms with Crippen molar-refractivity contribution in [3.05, 3.63) is 66.1 Å². The highest BCUT2D eigenvalue weighted by Crippen LogP contribution is 2.49. The first-order valence-electron chi connectivity index (χ1n) is 11.3. The van der Waals surface area contributed by atoms with E-state index in [9.17, 15) is 4.79 Å². The van der Waals surface area contributed by atoms with Gasteiger partial charge < -0.3 is 5.73 Å². The van der Waals surface area contributed by atoms with Gasteiger partial charge in [-0.1, -0.05) is 12.1 Å². The molecule has 1 aliphatic carbocycles. The number of carbonyl (C=O) groups excluding carboxylic acids is 1. The van der Waals surface area contributed by atoms with Gasteiger partial charge in [0.1, 0.15) is 17.1 Å². The van der Waals surface area contributed by atoms with Gasteiger partial charge >= 0.3 is 0 Å². The number of fused-ring (bicyclic) bond motifs is 3. The van der Waals surface area contributed by atoms with Crippen molar-refractivity contribution < 1.29 is 4.79 Å². The molecule has 0 saturated heterocycles. The molecule has 0 atom stereocenters. The van der Waals surface area contributed by atoms with Gasteiger partial charge in [0.15, 0.2) is 0 Å². The molecule has 0 radical (unpaired) electrons. The molecule has 0 amide bonds. The highest BCUT2D eigenvalue weighted by atomic mass is 16.1. The molecule has 3 aromatic heterocycles. The minimum atomic E-state index is -0.322. The van der Waals surface area contributed by atoms with Gasteiger partial charge in [-0.2, -0.15) is 5.10 Å². The molecule has 2 N–H and O–H groups in total. The zero-order chi connectivity index (χ0) is 22.4. The molecule has 164 valence electrons. The van der Waals surface area contributed by atoms with Gasteiger partial charge in [-0.3, -0.25) is 19.5 Å². The third kappa shape index (κ3) is 3.59. The summed E-state index contributed by atoms with van der Waals surface area (Å²) in [6.07, 6.45) is 10.5. The molecule has 1 aliphatic heterocycles. The van der Waals surface area contributed by atoms with E-state index in [4.69, 9.17) is 10.8 Å². The summed E-state index contributed by atoms with van der Waals surface area (Å²) in [4.78, 5) is 26.3. The third-order valence-corrected chi connectivity index (χ3v) is 6.79. The van der Waals surface area contributed by atoms with E-state index < -0.39 is 0 Å². The molecule has 7 heteroatoms. The number of nitrogens with two attached hydrogens (primary N) is 1. The van der Waals surface area contributed by atoms with Gasteiger partial charge in [0.2, 0.25) is 0 Å². The topological polar surface area (TPSA) is 99.0 Å². The zero-order valence-electron chi connectivity index (χ0n) is 18.2. The van der Waals surface area contributed by atoms with Crippen molar-refractivity contribution in [1.82, 2.24) is 19.7 Å². The summed E-state index contributed by atoms with van der Waals surface area (Å²) in [6.45, 7) is 1.26. The second-order valence-corrected chi connectivity index (χ2v) is 9.02. The van der Waals surface area contributed by atoms with E-state index in [0.717, 1.165) is 45.9 Å². The molecule has 6 rings (SSSR count). The number of hydrogen-bond donors (Lipinski definition) is 1. The fourth-order valence-electron chi connectivity index (χ4n) is 4.68. The number of carbonyl (C=O) groups is 1. The number of nitrogens with zero attached hydrogens (tertiary/aromatic N) is 5. The Morgan fingerprint density at radius 1 is 1.15 bits per heavy atom. The van der Waals surface area contributed by atoms with Crippen molar-refractivity contribution >= 4 is 45.2 Å². The van der Waals surface area contributed by atoms with Crippen LogP contribution in [0, 0.1) is 5.41 Å². The average Bonchev–Trinajstić information content (AvgIpc) is 3.22. The molecule has 4 aromatic rings. The Hall–Kier alpha value is -3.87. The first-order chi connectivity index (χ1) is 16.1. The minimum Gasteiger partial charge on any atom is -0.383 e. The van der Waals surface area contributed by atoms with Gasteiger partial charge in [-0.05, 0) is 60.7 Å². The Kier molecular flexibility index (Phi) is 4.57. The van der Waals surface area contributed by atoms with Gasteiger partial charge in [-0.15, -0.1) is 0 Å². The van der Waals surface area contributed by atoms with E-state index in [-0.39, 0.29) is 5.41 Å². The van der Waals surface area contributed by atoms with Crippen molar-refractivity contribution in [2.45, 2.75) is 32.2 Å². The standard InChI is InChI=1S/C26H24N6O/c27-25-21-15-32(16-26(9-10-26)23(33)7-5-19-3-1-2-11-29-19)31-24(21)20-6-4-17(13-22(20)30-25)18-8-12-28-14-18/h1-4,6,8,11-13,15H,5,7,9-10,14,16H2,(H2,27,30). The van der Waals surface area contributed by atoms with Gasteiger partial charge in [0.05, 0.1) is 24.0 Å². The summed E-state index contributed by atoms with van der Waals surface area (Å²) in [5.74, 6) is 0.754. The van der Waals surface area contributed by atoms with Crippen LogP contribution in [0.2, 0.25) is 0 Å². The lowest BCUT2D eigenvalue weighted by molar-refractivity contribution is -0.124. The van der Waals surface area contributed by atoms with E-state index in [1.807, 2.05) is 47.4 Å². The fourth-order valence-corrected chi connectivity index (χ4v) is 4.68. The van der Waals surface area contributed by atoms with Gasteiger partial charge in [-0.25, -0.2) is 4.98 Å². The summed E-state index contributed by atoms with van der Waals surface area (Å²) in [6, 6.07) is 12.0. The largest absolute Gasteiger partial charge is 0.383 e. The van der Waals surface area contributed by atoms with E-state index in [0.29, 0.717) is 37.5 Å². The number of benzene rings is 1. The van der Waals surface area contributed by atoms with Crippen LogP contribution in [0.4, 0.5) is 5.82 Å². The number of pyridine rings is 2. The van der Waals surface area contributed by atoms with Crippen LogP contribution < -0.4 is 5.73 Å².